The third-order valence-corrected chi connectivity index (χ3v) is 4.54. The normalized spacial score (nSPS) is 13.2. The third kappa shape index (κ3) is 4.10. The van der Waals surface area contributed by atoms with Gasteiger partial charge in [-0.1, -0.05) is 25.1 Å². The largest absolute Gasteiger partial charge is 0.513 e. The molecule has 2 aromatic rings. The van der Waals surface area contributed by atoms with Gasteiger partial charge in [-0.15, -0.1) is 0 Å². The minimum absolute atomic E-state index is 0.238. The molecule has 0 aliphatic heterocycles. The van der Waals surface area contributed by atoms with Crippen LogP contribution in [0.2, 0.25) is 0 Å². The minimum atomic E-state index is -0.773. The highest BCUT2D eigenvalue weighted by atomic mass is 16.7. The van der Waals surface area contributed by atoms with Crippen molar-refractivity contribution >= 4 is 6.16 Å². The molecule has 138 valence electrons. The summed E-state index contributed by atoms with van der Waals surface area (Å²) in [5.41, 5.74) is 3.24. The standard InChI is InChI=1S/C21H24O5/c1-4-14-8-11-19(16(12-14)15-9-10-15)25-13-17-18(23-2)6-5-7-20(17)26-21(22)24-3/h5-8,11-12,15H,4,9-10,13H2,1-3H3. The van der Waals surface area contributed by atoms with Gasteiger partial charge in [-0.3, -0.25) is 0 Å². The molecular formula is C21H24O5. The number of methoxy groups -OCH3 is 2. The fraction of sp³-hybridized carbons (Fsp3) is 0.381. The first-order valence-electron chi connectivity index (χ1n) is 8.83. The Hall–Kier alpha value is -2.69. The summed E-state index contributed by atoms with van der Waals surface area (Å²) in [5.74, 6) is 2.43. The monoisotopic (exact) mass is 356 g/mol. The molecule has 26 heavy (non-hydrogen) atoms. The van der Waals surface area contributed by atoms with Crippen molar-refractivity contribution in [2.75, 3.05) is 14.2 Å². The maximum Gasteiger partial charge on any atom is 0.513 e. The van der Waals surface area contributed by atoms with Gasteiger partial charge in [0.05, 0.1) is 19.8 Å². The van der Waals surface area contributed by atoms with E-state index in [0.29, 0.717) is 23.0 Å². The molecule has 0 unspecified atom stereocenters. The summed E-state index contributed by atoms with van der Waals surface area (Å²) in [5, 5.41) is 0. The molecule has 0 aromatic heterocycles. The Morgan fingerprint density at radius 1 is 1.08 bits per heavy atom. The molecule has 1 aliphatic rings. The molecule has 1 fully saturated rings. The average Bonchev–Trinajstić information content (AvgIpc) is 3.51. The van der Waals surface area contributed by atoms with Crippen molar-refractivity contribution in [1.29, 1.82) is 0 Å². The van der Waals surface area contributed by atoms with E-state index in [1.54, 1.807) is 19.2 Å². The summed E-state index contributed by atoms with van der Waals surface area (Å²) in [6.45, 7) is 2.39. The smallest absolute Gasteiger partial charge is 0.496 e. The molecule has 2 aromatic carbocycles. The molecule has 0 atom stereocenters. The van der Waals surface area contributed by atoms with Gasteiger partial charge in [-0.25, -0.2) is 4.79 Å². The molecular weight excluding hydrogens is 332 g/mol. The van der Waals surface area contributed by atoms with Crippen molar-refractivity contribution in [3.05, 3.63) is 53.1 Å². The second-order valence-corrected chi connectivity index (χ2v) is 6.28. The van der Waals surface area contributed by atoms with Crippen LogP contribution in [0.3, 0.4) is 0 Å². The van der Waals surface area contributed by atoms with Crippen LogP contribution in [-0.4, -0.2) is 20.4 Å². The van der Waals surface area contributed by atoms with Crippen molar-refractivity contribution in [3.63, 3.8) is 0 Å². The van der Waals surface area contributed by atoms with Gasteiger partial charge in [-0.2, -0.15) is 0 Å². The second kappa shape index (κ2) is 8.13. The van der Waals surface area contributed by atoms with Gasteiger partial charge < -0.3 is 18.9 Å². The van der Waals surface area contributed by atoms with Crippen LogP contribution in [0.1, 0.15) is 42.4 Å². The third-order valence-electron chi connectivity index (χ3n) is 4.54. The Morgan fingerprint density at radius 2 is 1.85 bits per heavy atom. The van der Waals surface area contributed by atoms with Crippen LogP contribution in [0.5, 0.6) is 17.2 Å². The van der Waals surface area contributed by atoms with Crippen molar-refractivity contribution < 1.29 is 23.7 Å². The highest BCUT2D eigenvalue weighted by molar-refractivity contribution is 5.65. The van der Waals surface area contributed by atoms with E-state index < -0.39 is 6.16 Å². The van der Waals surface area contributed by atoms with Gasteiger partial charge in [0.15, 0.2) is 0 Å². The first kappa shape index (κ1) is 18.1. The Labute approximate surface area is 153 Å². The molecule has 0 amide bonds. The maximum atomic E-state index is 11.5. The van der Waals surface area contributed by atoms with E-state index in [-0.39, 0.29) is 6.61 Å². The molecule has 0 saturated heterocycles. The van der Waals surface area contributed by atoms with Gasteiger partial charge in [0.1, 0.15) is 23.9 Å². The molecule has 0 N–H and O–H groups in total. The van der Waals surface area contributed by atoms with Crippen LogP contribution in [0.25, 0.3) is 0 Å². The van der Waals surface area contributed by atoms with Crippen LogP contribution in [0.4, 0.5) is 4.79 Å². The van der Waals surface area contributed by atoms with Gasteiger partial charge in [-0.05, 0) is 54.5 Å². The van der Waals surface area contributed by atoms with E-state index >= 15 is 0 Å². The maximum absolute atomic E-state index is 11.5. The topological polar surface area (TPSA) is 54.0 Å². The number of aryl methyl sites for hydroxylation is 1. The van der Waals surface area contributed by atoms with E-state index in [2.05, 4.69) is 23.8 Å². The Balaban J connectivity index is 1.84. The van der Waals surface area contributed by atoms with Gasteiger partial charge >= 0.3 is 6.16 Å². The number of rotatable bonds is 7. The summed E-state index contributed by atoms with van der Waals surface area (Å²) in [7, 11) is 2.85. The second-order valence-electron chi connectivity index (χ2n) is 6.28. The van der Waals surface area contributed by atoms with E-state index in [9.17, 15) is 4.79 Å². The van der Waals surface area contributed by atoms with E-state index in [1.165, 1.54) is 31.1 Å². The van der Waals surface area contributed by atoms with E-state index in [1.807, 2.05) is 12.1 Å². The fourth-order valence-electron chi connectivity index (χ4n) is 2.92. The zero-order chi connectivity index (χ0) is 18.5. The van der Waals surface area contributed by atoms with E-state index in [4.69, 9.17) is 14.2 Å². The van der Waals surface area contributed by atoms with Crippen LogP contribution in [0.15, 0.2) is 36.4 Å². The molecule has 5 nitrogen and oxygen atoms in total. The van der Waals surface area contributed by atoms with E-state index in [0.717, 1.165) is 12.2 Å². The Bertz CT molecular complexity index is 780. The molecule has 0 spiro atoms. The molecule has 0 radical (unpaired) electrons. The quantitative estimate of drug-likeness (QED) is 0.524. The number of ether oxygens (including phenoxy) is 4. The highest BCUT2D eigenvalue weighted by Crippen LogP contribution is 2.45. The van der Waals surface area contributed by atoms with Gasteiger partial charge in [0.2, 0.25) is 0 Å². The summed E-state index contributed by atoms with van der Waals surface area (Å²) >= 11 is 0. The van der Waals surface area contributed by atoms with Crippen molar-refractivity contribution in [3.8, 4) is 17.2 Å². The van der Waals surface area contributed by atoms with Crippen LogP contribution in [0, 0.1) is 0 Å². The predicted molar refractivity (Wildman–Crippen MR) is 98.2 cm³/mol. The molecule has 0 bridgehead atoms. The van der Waals surface area contributed by atoms with Gasteiger partial charge in [0, 0.05) is 0 Å². The van der Waals surface area contributed by atoms with Crippen molar-refractivity contribution in [2.24, 2.45) is 0 Å². The Kier molecular flexibility index (Phi) is 5.66. The first-order valence-corrected chi connectivity index (χ1v) is 8.83. The zero-order valence-corrected chi connectivity index (χ0v) is 15.4. The summed E-state index contributed by atoms with van der Waals surface area (Å²) in [6.07, 6.45) is 2.64. The lowest BCUT2D eigenvalue weighted by Crippen LogP contribution is -2.11. The average molecular weight is 356 g/mol. The summed E-state index contributed by atoms with van der Waals surface area (Å²) < 4.78 is 21.3. The number of hydrogen-bond acceptors (Lipinski definition) is 5. The highest BCUT2D eigenvalue weighted by Gasteiger charge is 2.27. The molecule has 0 heterocycles. The molecule has 3 rings (SSSR count). The fourth-order valence-corrected chi connectivity index (χ4v) is 2.92. The molecule has 1 aliphatic carbocycles. The SMILES string of the molecule is CCc1ccc(OCc2c(OC)cccc2OC(=O)OC)c(C2CC2)c1. The number of benzene rings is 2. The van der Waals surface area contributed by atoms with Crippen LogP contribution in [-0.2, 0) is 17.8 Å². The van der Waals surface area contributed by atoms with Gasteiger partial charge in [0.25, 0.3) is 0 Å². The molecule has 5 heteroatoms. The van der Waals surface area contributed by atoms with Crippen molar-refractivity contribution in [1.82, 2.24) is 0 Å². The molecule has 1 saturated carbocycles. The lowest BCUT2D eigenvalue weighted by Gasteiger charge is -2.16. The lowest BCUT2D eigenvalue weighted by atomic mass is 10.0. The number of carbonyl (C=O) groups is 1. The number of carbonyl (C=O) groups excluding carboxylic acids is 1. The Morgan fingerprint density at radius 3 is 2.50 bits per heavy atom. The minimum Gasteiger partial charge on any atom is -0.496 e. The predicted octanol–water partition coefficient (Wildman–Crippen LogP) is 4.86. The summed E-state index contributed by atoms with van der Waals surface area (Å²) in [4.78, 5) is 11.5. The first-order chi connectivity index (χ1) is 12.7. The van der Waals surface area contributed by atoms with Crippen LogP contribution >= 0.6 is 0 Å². The lowest BCUT2D eigenvalue weighted by molar-refractivity contribution is 0.120. The summed E-state index contributed by atoms with van der Waals surface area (Å²) in [6, 6.07) is 11.6. The van der Waals surface area contributed by atoms with Crippen LogP contribution < -0.4 is 14.2 Å². The van der Waals surface area contributed by atoms with Crippen molar-refractivity contribution in [2.45, 2.75) is 38.7 Å². The zero-order valence-electron chi connectivity index (χ0n) is 15.4. The number of hydrogen-bond donors (Lipinski definition) is 0.